The first-order valence-electron chi connectivity index (χ1n) is 9.83. The number of nitrogens with zero attached hydrogens (tertiary/aromatic N) is 4. The van der Waals surface area contributed by atoms with E-state index >= 15 is 0 Å². The van der Waals surface area contributed by atoms with Crippen molar-refractivity contribution in [3.63, 3.8) is 0 Å². The van der Waals surface area contributed by atoms with Crippen molar-refractivity contribution < 1.29 is 4.74 Å². The molecule has 0 aliphatic carbocycles. The number of aromatic nitrogens is 3. The monoisotopic (exact) mass is 417 g/mol. The first-order valence-corrected chi connectivity index (χ1v) is 11.5. The Kier molecular flexibility index (Phi) is 5.91. The number of hydrogen-bond acceptors (Lipinski definition) is 8. The van der Waals surface area contributed by atoms with Crippen molar-refractivity contribution in [2.75, 3.05) is 31.6 Å². The zero-order valence-corrected chi connectivity index (χ0v) is 18.5. The van der Waals surface area contributed by atoms with E-state index in [1.165, 1.54) is 15.3 Å². The van der Waals surface area contributed by atoms with Gasteiger partial charge < -0.3 is 10.1 Å². The van der Waals surface area contributed by atoms with E-state index in [1.807, 2.05) is 6.20 Å². The fourth-order valence-corrected chi connectivity index (χ4v) is 5.29. The minimum absolute atomic E-state index is 0.110. The van der Waals surface area contributed by atoms with E-state index in [0.717, 1.165) is 66.1 Å². The Hall–Kier alpha value is -1.61. The van der Waals surface area contributed by atoms with Gasteiger partial charge in [0, 0.05) is 29.0 Å². The molecule has 0 aromatic carbocycles. The summed E-state index contributed by atoms with van der Waals surface area (Å²) in [4.78, 5) is 20.5. The van der Waals surface area contributed by atoms with E-state index in [-0.39, 0.29) is 6.04 Å². The van der Waals surface area contributed by atoms with Crippen molar-refractivity contribution in [3.05, 3.63) is 32.3 Å². The highest BCUT2D eigenvalue weighted by Crippen LogP contribution is 2.35. The van der Waals surface area contributed by atoms with Crippen LogP contribution in [0.15, 0.2) is 6.20 Å². The zero-order chi connectivity index (χ0) is 19.7. The molecule has 0 spiro atoms. The number of rotatable bonds is 6. The summed E-state index contributed by atoms with van der Waals surface area (Å²) < 4.78 is 5.46. The maximum Gasteiger partial charge on any atom is 0.146 e. The summed E-state index contributed by atoms with van der Waals surface area (Å²) in [6, 6.07) is 0.110. The molecule has 1 saturated heterocycles. The van der Waals surface area contributed by atoms with Gasteiger partial charge in [0.25, 0.3) is 0 Å². The second kappa shape index (κ2) is 8.41. The number of nitrogens with one attached hydrogen (secondary N) is 1. The molecule has 4 rings (SSSR count). The lowest BCUT2D eigenvalue weighted by molar-refractivity contribution is 0.0331. The maximum absolute atomic E-state index is 5.46. The fourth-order valence-electron chi connectivity index (χ4n) is 3.38. The van der Waals surface area contributed by atoms with E-state index < -0.39 is 0 Å². The minimum Gasteiger partial charge on any atom is -0.379 e. The summed E-state index contributed by atoms with van der Waals surface area (Å²) in [6.07, 6.45) is 3.01. The lowest BCUT2D eigenvalue weighted by Crippen LogP contribution is -2.36. The SMILES string of the molecule is CCc1cnc(C(C)Nc2nc(CN3CCOCC3)nc3sc(C)c(C)c23)s1. The first kappa shape index (κ1) is 19.7. The van der Waals surface area contributed by atoms with E-state index in [0.29, 0.717) is 0 Å². The molecule has 3 aromatic heterocycles. The van der Waals surface area contributed by atoms with Gasteiger partial charge in [-0.15, -0.1) is 22.7 Å². The molecule has 1 aliphatic rings. The predicted octanol–water partition coefficient (Wildman–Crippen LogP) is 4.33. The third-order valence-electron chi connectivity index (χ3n) is 5.19. The van der Waals surface area contributed by atoms with Gasteiger partial charge in [-0.25, -0.2) is 15.0 Å². The molecule has 150 valence electrons. The third-order valence-corrected chi connectivity index (χ3v) is 7.61. The van der Waals surface area contributed by atoms with Crippen LogP contribution in [0.2, 0.25) is 0 Å². The lowest BCUT2D eigenvalue weighted by Gasteiger charge is -2.26. The topological polar surface area (TPSA) is 63.2 Å². The van der Waals surface area contributed by atoms with Crippen molar-refractivity contribution in [1.29, 1.82) is 0 Å². The van der Waals surface area contributed by atoms with Crippen molar-refractivity contribution >= 4 is 38.7 Å². The van der Waals surface area contributed by atoms with Crippen LogP contribution in [0.25, 0.3) is 10.2 Å². The third kappa shape index (κ3) is 4.05. The van der Waals surface area contributed by atoms with Crippen LogP contribution in [0, 0.1) is 13.8 Å². The number of fused-ring (bicyclic) bond motifs is 1. The molecule has 0 saturated carbocycles. The fraction of sp³-hybridized carbons (Fsp3) is 0.550. The van der Waals surface area contributed by atoms with Crippen molar-refractivity contribution in [2.24, 2.45) is 0 Å². The minimum atomic E-state index is 0.110. The highest BCUT2D eigenvalue weighted by molar-refractivity contribution is 7.18. The molecular formula is C20H27N5OS2. The van der Waals surface area contributed by atoms with Crippen molar-refractivity contribution in [3.8, 4) is 0 Å². The van der Waals surface area contributed by atoms with Crippen LogP contribution >= 0.6 is 22.7 Å². The molecular weight excluding hydrogens is 390 g/mol. The molecule has 1 aliphatic heterocycles. The summed E-state index contributed by atoms with van der Waals surface area (Å²) in [5.74, 6) is 1.80. The summed E-state index contributed by atoms with van der Waals surface area (Å²) >= 11 is 3.52. The maximum atomic E-state index is 5.46. The Bertz CT molecular complexity index is 961. The van der Waals surface area contributed by atoms with Gasteiger partial charge in [0.15, 0.2) is 0 Å². The average Bonchev–Trinajstić information content (AvgIpc) is 3.28. The number of anilines is 1. The highest BCUT2D eigenvalue weighted by Gasteiger charge is 2.20. The molecule has 1 fully saturated rings. The lowest BCUT2D eigenvalue weighted by atomic mass is 10.2. The number of thiazole rings is 1. The first-order chi connectivity index (χ1) is 13.5. The Labute approximate surface area is 174 Å². The Balaban J connectivity index is 1.65. The number of ether oxygens (including phenoxy) is 1. The summed E-state index contributed by atoms with van der Waals surface area (Å²) in [7, 11) is 0. The van der Waals surface area contributed by atoms with Crippen LogP contribution in [-0.2, 0) is 17.7 Å². The standard InChI is InChI=1S/C20H27N5OS2/c1-5-15-10-21-19(28-15)13(3)22-18-17-12(2)14(4)27-20(17)24-16(23-18)11-25-6-8-26-9-7-25/h10,13H,5-9,11H2,1-4H3,(H,22,23,24). The largest absolute Gasteiger partial charge is 0.379 e. The number of morpholine rings is 1. The second-order valence-electron chi connectivity index (χ2n) is 7.22. The summed E-state index contributed by atoms with van der Waals surface area (Å²) in [5.41, 5.74) is 1.26. The van der Waals surface area contributed by atoms with Crippen molar-refractivity contribution in [2.45, 2.75) is 46.7 Å². The number of aryl methyl sites for hydroxylation is 3. The second-order valence-corrected chi connectivity index (χ2v) is 9.57. The van der Waals surface area contributed by atoms with Gasteiger partial charge in [-0.3, -0.25) is 4.90 Å². The van der Waals surface area contributed by atoms with Crippen LogP contribution < -0.4 is 5.32 Å². The zero-order valence-electron chi connectivity index (χ0n) is 16.9. The molecule has 1 atom stereocenters. The predicted molar refractivity (Wildman–Crippen MR) is 117 cm³/mol. The quantitative estimate of drug-likeness (QED) is 0.644. The van der Waals surface area contributed by atoms with E-state index in [2.05, 4.69) is 42.9 Å². The molecule has 0 amide bonds. The summed E-state index contributed by atoms with van der Waals surface area (Å²) in [5, 5.41) is 5.88. The molecule has 0 bridgehead atoms. The van der Waals surface area contributed by atoms with Gasteiger partial charge in [-0.1, -0.05) is 6.92 Å². The molecule has 6 nitrogen and oxygen atoms in total. The van der Waals surface area contributed by atoms with Gasteiger partial charge >= 0.3 is 0 Å². The van der Waals surface area contributed by atoms with Gasteiger partial charge in [0.2, 0.25) is 0 Å². The van der Waals surface area contributed by atoms with Crippen LogP contribution in [0.1, 0.15) is 46.0 Å². The molecule has 28 heavy (non-hydrogen) atoms. The number of hydrogen-bond donors (Lipinski definition) is 1. The van der Waals surface area contributed by atoms with Gasteiger partial charge in [0.05, 0.1) is 31.2 Å². The van der Waals surface area contributed by atoms with Crippen molar-refractivity contribution in [1.82, 2.24) is 19.9 Å². The van der Waals surface area contributed by atoms with Crippen LogP contribution in [0.3, 0.4) is 0 Å². The normalized spacial score (nSPS) is 16.6. The highest BCUT2D eigenvalue weighted by atomic mass is 32.1. The molecule has 8 heteroatoms. The van der Waals surface area contributed by atoms with E-state index in [4.69, 9.17) is 14.7 Å². The molecule has 1 N–H and O–H groups in total. The smallest absolute Gasteiger partial charge is 0.146 e. The Morgan fingerprint density at radius 1 is 1.21 bits per heavy atom. The molecule has 4 heterocycles. The van der Waals surface area contributed by atoms with Crippen LogP contribution in [-0.4, -0.2) is 46.2 Å². The Morgan fingerprint density at radius 3 is 2.71 bits per heavy atom. The van der Waals surface area contributed by atoms with E-state index in [9.17, 15) is 0 Å². The van der Waals surface area contributed by atoms with Gasteiger partial charge in [0.1, 0.15) is 21.5 Å². The average molecular weight is 418 g/mol. The molecule has 1 unspecified atom stereocenters. The van der Waals surface area contributed by atoms with E-state index in [1.54, 1.807) is 22.7 Å². The van der Waals surface area contributed by atoms with Gasteiger partial charge in [-0.2, -0.15) is 0 Å². The molecule has 3 aromatic rings. The number of thiophene rings is 1. The Morgan fingerprint density at radius 2 is 2.00 bits per heavy atom. The van der Waals surface area contributed by atoms with Crippen LogP contribution in [0.5, 0.6) is 0 Å². The molecule has 0 radical (unpaired) electrons. The van der Waals surface area contributed by atoms with Crippen LogP contribution in [0.4, 0.5) is 5.82 Å². The van der Waals surface area contributed by atoms with Gasteiger partial charge in [-0.05, 0) is 32.8 Å². The summed E-state index contributed by atoms with van der Waals surface area (Å²) in [6.45, 7) is 12.8.